The lowest BCUT2D eigenvalue weighted by atomic mass is 9.92. The van der Waals surface area contributed by atoms with Crippen molar-refractivity contribution in [2.24, 2.45) is 12.8 Å². The summed E-state index contributed by atoms with van der Waals surface area (Å²) in [5.41, 5.74) is 8.33. The SMILES string of the molecule is Cn1cc(-c2cc3c(cc2C(F)F)N(c2nc(C(=O)OC(N)=O)cc4cc(C5CCCO5)ccc24)CCC3)cn1. The molecule has 2 aliphatic heterocycles. The molecule has 0 bridgehead atoms. The Balaban J connectivity index is 1.52. The molecule has 4 heterocycles. The summed E-state index contributed by atoms with van der Waals surface area (Å²) in [7, 11) is 1.74. The molecule has 9 nitrogen and oxygen atoms in total. The highest BCUT2D eigenvalue weighted by atomic mass is 19.3. The van der Waals surface area contributed by atoms with Gasteiger partial charge in [0.25, 0.3) is 6.43 Å². The van der Waals surface area contributed by atoms with Gasteiger partial charge >= 0.3 is 12.1 Å². The molecule has 2 N–H and O–H groups in total. The molecule has 2 aliphatic rings. The number of nitrogens with two attached hydrogens (primary N) is 1. The summed E-state index contributed by atoms with van der Waals surface area (Å²) in [6.07, 6.45) is 2.53. The van der Waals surface area contributed by atoms with Crippen LogP contribution in [0.5, 0.6) is 0 Å². The molecular weight excluding hydrogens is 520 g/mol. The van der Waals surface area contributed by atoms with Crippen LogP contribution >= 0.6 is 0 Å². The van der Waals surface area contributed by atoms with Gasteiger partial charge in [0, 0.05) is 48.6 Å². The fourth-order valence-corrected chi connectivity index (χ4v) is 5.61. The molecule has 1 amide bonds. The van der Waals surface area contributed by atoms with Crippen LogP contribution in [0.2, 0.25) is 0 Å². The van der Waals surface area contributed by atoms with Gasteiger partial charge in [-0.3, -0.25) is 4.68 Å². The number of pyridine rings is 1. The first kappa shape index (κ1) is 25.9. The van der Waals surface area contributed by atoms with Gasteiger partial charge in [-0.15, -0.1) is 0 Å². The number of carbonyl (C=O) groups is 2. The number of nitrogens with zero attached hydrogens (tertiary/aromatic N) is 4. The van der Waals surface area contributed by atoms with E-state index in [4.69, 9.17) is 10.5 Å². The van der Waals surface area contributed by atoms with E-state index in [9.17, 15) is 18.4 Å². The van der Waals surface area contributed by atoms with E-state index in [0.717, 1.165) is 35.8 Å². The van der Waals surface area contributed by atoms with Crippen molar-refractivity contribution in [2.75, 3.05) is 18.1 Å². The second-order valence-corrected chi connectivity index (χ2v) is 10.0. The number of rotatable bonds is 5. The molecule has 0 spiro atoms. The summed E-state index contributed by atoms with van der Waals surface area (Å²) in [5, 5.41) is 5.56. The molecular formula is C29H27F2N5O4. The number of alkyl halides is 2. The van der Waals surface area contributed by atoms with Crippen LogP contribution in [-0.2, 0) is 22.9 Å². The fourth-order valence-electron chi connectivity index (χ4n) is 5.61. The molecule has 40 heavy (non-hydrogen) atoms. The second kappa shape index (κ2) is 10.3. The van der Waals surface area contributed by atoms with E-state index in [1.807, 2.05) is 23.1 Å². The standard InChI is InChI=1S/C29H27F2N5O4/c1-35-15-19(14-33-35)21-11-16-4-2-8-36(24(16)13-22(21)26(30)31)27-20-7-6-17(25-5-3-9-39-25)10-18(20)12-23(34-27)28(37)40-29(32)38/h6-7,10-15,25-26H,2-5,8-9H2,1H3,(H2,32,38). The predicted octanol–water partition coefficient (Wildman–Crippen LogP) is 5.74. The van der Waals surface area contributed by atoms with Crippen LogP contribution < -0.4 is 10.6 Å². The Labute approximate surface area is 228 Å². The molecule has 0 saturated carbocycles. The molecule has 1 fully saturated rings. The highest BCUT2D eigenvalue weighted by Gasteiger charge is 2.28. The van der Waals surface area contributed by atoms with Crippen molar-refractivity contribution in [3.8, 4) is 11.1 Å². The average molecular weight is 548 g/mol. The molecule has 1 saturated heterocycles. The number of primary amides is 1. The molecule has 2 aromatic carbocycles. The molecule has 0 radical (unpaired) electrons. The summed E-state index contributed by atoms with van der Waals surface area (Å²) < 4.78 is 40.8. The Morgan fingerprint density at radius 3 is 2.73 bits per heavy atom. The fraction of sp³-hybridized carbons (Fsp3) is 0.310. The maximum absolute atomic E-state index is 14.4. The normalized spacial score (nSPS) is 16.9. The summed E-state index contributed by atoms with van der Waals surface area (Å²) in [6, 6.07) is 10.6. The number of ether oxygens (including phenoxy) is 2. The van der Waals surface area contributed by atoms with E-state index in [0.29, 0.717) is 47.6 Å². The molecule has 0 aliphatic carbocycles. The van der Waals surface area contributed by atoms with E-state index >= 15 is 0 Å². The second-order valence-electron chi connectivity index (χ2n) is 10.0. The van der Waals surface area contributed by atoms with Crippen LogP contribution in [0.4, 0.5) is 25.1 Å². The summed E-state index contributed by atoms with van der Waals surface area (Å²) in [6.45, 7) is 1.17. The monoisotopic (exact) mass is 547 g/mol. The summed E-state index contributed by atoms with van der Waals surface area (Å²) in [5.74, 6) is -0.585. The van der Waals surface area contributed by atoms with Crippen molar-refractivity contribution in [3.05, 3.63) is 71.2 Å². The summed E-state index contributed by atoms with van der Waals surface area (Å²) in [4.78, 5) is 30.5. The molecule has 2 aromatic heterocycles. The summed E-state index contributed by atoms with van der Waals surface area (Å²) >= 11 is 0. The third kappa shape index (κ3) is 4.77. The quantitative estimate of drug-likeness (QED) is 0.250. The van der Waals surface area contributed by atoms with Crippen LogP contribution in [0, 0.1) is 0 Å². The Bertz CT molecular complexity index is 1630. The number of carbonyl (C=O) groups excluding carboxylic acids is 2. The lowest BCUT2D eigenvalue weighted by Gasteiger charge is -2.32. The number of hydrogen-bond acceptors (Lipinski definition) is 7. The molecule has 1 atom stereocenters. The number of halogens is 2. The molecule has 1 unspecified atom stereocenters. The van der Waals surface area contributed by atoms with Crippen LogP contribution in [0.15, 0.2) is 48.8 Å². The van der Waals surface area contributed by atoms with Gasteiger partial charge in [0.1, 0.15) is 5.82 Å². The van der Waals surface area contributed by atoms with Gasteiger partial charge in [-0.1, -0.05) is 12.1 Å². The van der Waals surface area contributed by atoms with E-state index in [1.165, 1.54) is 6.07 Å². The zero-order chi connectivity index (χ0) is 28.0. The molecule has 11 heteroatoms. The number of aromatic nitrogens is 3. The van der Waals surface area contributed by atoms with Gasteiger partial charge in [-0.2, -0.15) is 5.10 Å². The van der Waals surface area contributed by atoms with Crippen LogP contribution in [0.3, 0.4) is 0 Å². The maximum Gasteiger partial charge on any atom is 0.412 e. The molecule has 6 rings (SSSR count). The predicted molar refractivity (Wildman–Crippen MR) is 144 cm³/mol. The lowest BCUT2D eigenvalue weighted by Crippen LogP contribution is -2.27. The highest BCUT2D eigenvalue weighted by Crippen LogP contribution is 2.43. The first-order chi connectivity index (χ1) is 19.3. The maximum atomic E-state index is 14.4. The number of hydrogen-bond donors (Lipinski definition) is 1. The Morgan fingerprint density at radius 1 is 1.18 bits per heavy atom. The van der Waals surface area contributed by atoms with Gasteiger partial charge in [0.2, 0.25) is 0 Å². The first-order valence-electron chi connectivity index (χ1n) is 13.1. The number of amides is 1. The van der Waals surface area contributed by atoms with E-state index < -0.39 is 18.5 Å². The van der Waals surface area contributed by atoms with Crippen molar-refractivity contribution in [1.29, 1.82) is 0 Å². The number of benzene rings is 2. The van der Waals surface area contributed by atoms with Crippen molar-refractivity contribution in [3.63, 3.8) is 0 Å². The van der Waals surface area contributed by atoms with Gasteiger partial charge in [-0.05, 0) is 72.0 Å². The molecule has 4 aromatic rings. The zero-order valence-corrected chi connectivity index (χ0v) is 21.8. The smallest absolute Gasteiger partial charge is 0.374 e. The number of fused-ring (bicyclic) bond motifs is 2. The average Bonchev–Trinajstić information content (AvgIpc) is 3.63. The van der Waals surface area contributed by atoms with E-state index in [2.05, 4.69) is 14.8 Å². The largest absolute Gasteiger partial charge is 0.412 e. The van der Waals surface area contributed by atoms with Gasteiger partial charge < -0.3 is 20.1 Å². The van der Waals surface area contributed by atoms with E-state index in [1.54, 1.807) is 36.3 Å². The van der Waals surface area contributed by atoms with E-state index in [-0.39, 0.29) is 17.4 Å². The van der Waals surface area contributed by atoms with Gasteiger partial charge in [0.15, 0.2) is 5.69 Å². The molecule has 206 valence electrons. The van der Waals surface area contributed by atoms with Gasteiger partial charge in [-0.25, -0.2) is 23.4 Å². The Kier molecular flexibility index (Phi) is 6.67. The van der Waals surface area contributed by atoms with Crippen molar-refractivity contribution in [2.45, 2.75) is 38.2 Å². The third-order valence-electron chi connectivity index (χ3n) is 7.42. The minimum absolute atomic E-state index is 0.0581. The zero-order valence-electron chi connectivity index (χ0n) is 21.8. The number of aryl methyl sites for hydroxylation is 2. The highest BCUT2D eigenvalue weighted by molar-refractivity contribution is 6.02. The Morgan fingerprint density at radius 2 is 2.02 bits per heavy atom. The van der Waals surface area contributed by atoms with Crippen LogP contribution in [0.25, 0.3) is 21.9 Å². The van der Waals surface area contributed by atoms with Crippen molar-refractivity contribution in [1.82, 2.24) is 14.8 Å². The topological polar surface area (TPSA) is 113 Å². The van der Waals surface area contributed by atoms with Gasteiger partial charge in [0.05, 0.1) is 12.3 Å². The number of anilines is 2. The van der Waals surface area contributed by atoms with Crippen molar-refractivity contribution >= 4 is 34.3 Å². The minimum Gasteiger partial charge on any atom is -0.374 e. The third-order valence-corrected chi connectivity index (χ3v) is 7.42. The Hall–Kier alpha value is -4.38. The van der Waals surface area contributed by atoms with Crippen LogP contribution in [0.1, 0.15) is 59.0 Å². The van der Waals surface area contributed by atoms with Crippen molar-refractivity contribution < 1.29 is 27.8 Å². The number of esters is 1. The minimum atomic E-state index is -2.72. The van der Waals surface area contributed by atoms with Crippen LogP contribution in [-0.4, -0.2) is 40.0 Å². The first-order valence-corrected chi connectivity index (χ1v) is 13.1. The lowest BCUT2D eigenvalue weighted by molar-refractivity contribution is 0.0632.